The van der Waals surface area contributed by atoms with E-state index in [0.717, 1.165) is 4.88 Å². The summed E-state index contributed by atoms with van der Waals surface area (Å²) >= 11 is 1.67. The quantitative estimate of drug-likeness (QED) is 0.797. The van der Waals surface area contributed by atoms with Gasteiger partial charge >= 0.3 is 5.97 Å². The molecule has 1 aromatic rings. The third-order valence-electron chi connectivity index (χ3n) is 2.16. The highest BCUT2D eigenvalue weighted by molar-refractivity contribution is 7.12. The number of rotatable bonds is 5. The summed E-state index contributed by atoms with van der Waals surface area (Å²) in [4.78, 5) is 13.2. The van der Waals surface area contributed by atoms with Crippen LogP contribution < -0.4 is 5.73 Å². The first-order chi connectivity index (χ1) is 7.54. The lowest BCUT2D eigenvalue weighted by molar-refractivity contribution is -0.146. The molecule has 5 heteroatoms. The Balaban J connectivity index is 2.43. The number of nitrogens with two attached hydrogens (primary N) is 1. The van der Waals surface area contributed by atoms with Gasteiger partial charge in [0.25, 0.3) is 0 Å². The lowest BCUT2D eigenvalue weighted by Gasteiger charge is -2.11. The number of carbonyl (C=O) groups is 1. The molecule has 0 aliphatic carbocycles. The van der Waals surface area contributed by atoms with Crippen molar-refractivity contribution in [1.29, 1.82) is 0 Å². The number of hydrogen-bond acceptors (Lipinski definition) is 5. The van der Waals surface area contributed by atoms with Crippen molar-refractivity contribution in [2.24, 2.45) is 5.73 Å². The van der Waals surface area contributed by atoms with Gasteiger partial charge in [-0.15, -0.1) is 11.3 Å². The van der Waals surface area contributed by atoms with Gasteiger partial charge in [-0.1, -0.05) is 0 Å². The number of aryl methyl sites for hydroxylation is 2. The van der Waals surface area contributed by atoms with Gasteiger partial charge in [0, 0.05) is 9.75 Å². The number of methoxy groups -OCH3 is 1. The van der Waals surface area contributed by atoms with Gasteiger partial charge in [-0.2, -0.15) is 0 Å². The maximum atomic E-state index is 10.8. The van der Waals surface area contributed by atoms with E-state index in [9.17, 15) is 4.79 Å². The summed E-state index contributed by atoms with van der Waals surface area (Å²) in [7, 11) is 1.33. The minimum atomic E-state index is -0.383. The van der Waals surface area contributed by atoms with Crippen LogP contribution in [0.3, 0.4) is 0 Å². The molecule has 0 amide bonds. The molecule has 0 bridgehead atoms. The normalized spacial score (nSPS) is 12.5. The highest BCUT2D eigenvalue weighted by Gasteiger charge is 2.13. The first kappa shape index (κ1) is 13.2. The van der Waals surface area contributed by atoms with Crippen molar-refractivity contribution in [3.63, 3.8) is 0 Å². The van der Waals surface area contributed by atoms with Crippen molar-refractivity contribution >= 4 is 17.3 Å². The molecule has 0 spiro atoms. The molecule has 0 saturated carbocycles. The number of hydrogen-bond donors (Lipinski definition) is 1. The van der Waals surface area contributed by atoms with Gasteiger partial charge in [-0.05, 0) is 25.5 Å². The summed E-state index contributed by atoms with van der Waals surface area (Å²) in [6.07, 6.45) is 0. The number of carbonyl (C=O) groups excluding carboxylic acids is 1. The Morgan fingerprint density at radius 1 is 1.56 bits per heavy atom. The summed E-state index contributed by atoms with van der Waals surface area (Å²) in [5.41, 5.74) is 7.15. The number of thiophene rings is 1. The molecule has 1 aromatic heterocycles. The molecule has 0 fully saturated rings. The van der Waals surface area contributed by atoms with Gasteiger partial charge < -0.3 is 15.2 Å². The molecule has 0 radical (unpaired) electrons. The molecule has 1 heterocycles. The maximum Gasteiger partial charge on any atom is 0.331 e. The van der Waals surface area contributed by atoms with E-state index in [1.165, 1.54) is 17.6 Å². The fraction of sp³-hybridized carbons (Fsp3) is 0.545. The highest BCUT2D eigenvalue weighted by Crippen LogP contribution is 2.26. The molecule has 0 saturated heterocycles. The van der Waals surface area contributed by atoms with E-state index >= 15 is 0 Å². The zero-order valence-electron chi connectivity index (χ0n) is 9.78. The Morgan fingerprint density at radius 2 is 2.25 bits per heavy atom. The summed E-state index contributed by atoms with van der Waals surface area (Å²) in [5, 5.41) is 0. The van der Waals surface area contributed by atoms with Crippen LogP contribution in [-0.2, 0) is 14.3 Å². The van der Waals surface area contributed by atoms with E-state index in [4.69, 9.17) is 10.5 Å². The van der Waals surface area contributed by atoms with Crippen LogP contribution in [0.5, 0.6) is 0 Å². The lowest BCUT2D eigenvalue weighted by atomic mass is 10.2. The van der Waals surface area contributed by atoms with Crippen molar-refractivity contribution in [1.82, 2.24) is 0 Å². The first-order valence-corrected chi connectivity index (χ1v) is 5.83. The zero-order chi connectivity index (χ0) is 12.1. The monoisotopic (exact) mass is 243 g/mol. The second-order valence-corrected chi connectivity index (χ2v) is 4.89. The van der Waals surface area contributed by atoms with Crippen LogP contribution in [0.25, 0.3) is 0 Å². The molecule has 0 aliphatic heterocycles. The molecule has 1 rings (SSSR count). The smallest absolute Gasteiger partial charge is 0.331 e. The summed E-state index contributed by atoms with van der Waals surface area (Å²) in [6, 6.07) is 1.92. The molecule has 4 nitrogen and oxygen atoms in total. The molecule has 16 heavy (non-hydrogen) atoms. The maximum absolute atomic E-state index is 10.8. The van der Waals surface area contributed by atoms with Crippen molar-refractivity contribution < 1.29 is 14.3 Å². The Morgan fingerprint density at radius 3 is 2.75 bits per heavy atom. The van der Waals surface area contributed by atoms with Crippen molar-refractivity contribution in [2.75, 3.05) is 20.3 Å². The van der Waals surface area contributed by atoms with Crippen LogP contribution in [-0.4, -0.2) is 26.3 Å². The number of ether oxygens (including phenoxy) is 2. The van der Waals surface area contributed by atoms with E-state index in [0.29, 0.717) is 6.61 Å². The van der Waals surface area contributed by atoms with E-state index in [1.807, 2.05) is 13.8 Å². The third kappa shape index (κ3) is 3.59. The van der Waals surface area contributed by atoms with Gasteiger partial charge in [0.1, 0.15) is 6.61 Å². The third-order valence-corrected chi connectivity index (χ3v) is 3.45. The summed E-state index contributed by atoms with van der Waals surface area (Å²) in [6.45, 7) is 4.35. The van der Waals surface area contributed by atoms with E-state index in [-0.39, 0.29) is 18.6 Å². The van der Waals surface area contributed by atoms with E-state index in [2.05, 4.69) is 10.8 Å². The molecule has 0 aliphatic rings. The van der Waals surface area contributed by atoms with Crippen LogP contribution >= 0.6 is 11.3 Å². The Hall–Kier alpha value is -0.910. The largest absolute Gasteiger partial charge is 0.467 e. The minimum absolute atomic E-state index is 0.0480. The lowest BCUT2D eigenvalue weighted by Crippen LogP contribution is -2.20. The van der Waals surface area contributed by atoms with Gasteiger partial charge in [-0.25, -0.2) is 4.79 Å². The predicted molar refractivity (Wildman–Crippen MR) is 63.6 cm³/mol. The van der Waals surface area contributed by atoms with Crippen LogP contribution in [0.15, 0.2) is 6.07 Å². The molecule has 1 unspecified atom stereocenters. The second kappa shape index (κ2) is 5.98. The standard InChI is InChI=1S/C11H17NO3S/c1-7-4-8(2)16-11(7)9(12)5-15-6-10(13)14-3/h4,9H,5-6,12H2,1-3H3. The zero-order valence-corrected chi connectivity index (χ0v) is 10.6. The number of esters is 1. The van der Waals surface area contributed by atoms with E-state index < -0.39 is 0 Å². The van der Waals surface area contributed by atoms with Crippen molar-refractivity contribution in [3.8, 4) is 0 Å². The van der Waals surface area contributed by atoms with Gasteiger partial charge in [0.2, 0.25) is 0 Å². The molecular formula is C11H17NO3S. The Kier molecular flexibility index (Phi) is 4.92. The van der Waals surface area contributed by atoms with Crippen LogP contribution in [0.1, 0.15) is 21.4 Å². The van der Waals surface area contributed by atoms with Crippen molar-refractivity contribution in [3.05, 3.63) is 21.4 Å². The predicted octanol–water partition coefficient (Wildman–Crippen LogP) is 1.55. The molecular weight excluding hydrogens is 226 g/mol. The summed E-state index contributed by atoms with van der Waals surface area (Å²) < 4.78 is 9.64. The average molecular weight is 243 g/mol. The van der Waals surface area contributed by atoms with Gasteiger partial charge in [0.15, 0.2) is 0 Å². The molecule has 1 atom stereocenters. The second-order valence-electron chi connectivity index (χ2n) is 3.60. The molecule has 2 N–H and O–H groups in total. The van der Waals surface area contributed by atoms with Crippen LogP contribution in [0.2, 0.25) is 0 Å². The highest BCUT2D eigenvalue weighted by atomic mass is 32.1. The van der Waals surface area contributed by atoms with Crippen LogP contribution in [0.4, 0.5) is 0 Å². The van der Waals surface area contributed by atoms with Crippen molar-refractivity contribution in [2.45, 2.75) is 19.9 Å². The average Bonchev–Trinajstić information content (AvgIpc) is 2.57. The van der Waals surface area contributed by atoms with E-state index in [1.54, 1.807) is 11.3 Å². The molecule has 90 valence electrons. The SMILES string of the molecule is COC(=O)COCC(N)c1sc(C)cc1C. The Bertz CT molecular complexity index is 362. The fourth-order valence-electron chi connectivity index (χ4n) is 1.43. The topological polar surface area (TPSA) is 61.5 Å². The van der Waals surface area contributed by atoms with Gasteiger partial charge in [0.05, 0.1) is 19.8 Å². The fourth-order valence-corrected chi connectivity index (χ4v) is 2.45. The summed E-state index contributed by atoms with van der Waals surface area (Å²) in [5.74, 6) is -0.383. The first-order valence-electron chi connectivity index (χ1n) is 5.01. The molecule has 0 aromatic carbocycles. The van der Waals surface area contributed by atoms with Crippen LogP contribution in [0, 0.1) is 13.8 Å². The Labute approximate surface area is 99.4 Å². The van der Waals surface area contributed by atoms with Gasteiger partial charge in [-0.3, -0.25) is 0 Å². The minimum Gasteiger partial charge on any atom is -0.467 e.